The summed E-state index contributed by atoms with van der Waals surface area (Å²) in [4.78, 5) is 14.4. The van der Waals surface area contributed by atoms with Gasteiger partial charge in [0.1, 0.15) is 5.69 Å². The van der Waals surface area contributed by atoms with E-state index >= 15 is 0 Å². The van der Waals surface area contributed by atoms with Gasteiger partial charge in [0.15, 0.2) is 0 Å². The topological polar surface area (TPSA) is 84.4 Å². The molecule has 0 saturated carbocycles. The van der Waals surface area contributed by atoms with Crippen molar-refractivity contribution in [2.45, 2.75) is 46.3 Å². The molecule has 1 aliphatic rings. The molecule has 0 radical (unpaired) electrons. The van der Waals surface area contributed by atoms with Gasteiger partial charge < -0.3 is 15.7 Å². The van der Waals surface area contributed by atoms with Crippen LogP contribution >= 0.6 is 0 Å². The lowest BCUT2D eigenvalue weighted by atomic mass is 9.92. The number of hydrogen-bond acceptors (Lipinski definition) is 4. The van der Waals surface area contributed by atoms with Crippen molar-refractivity contribution < 1.29 is 9.90 Å². The third-order valence-corrected chi connectivity index (χ3v) is 4.18. The molecule has 1 atom stereocenters. The van der Waals surface area contributed by atoms with Gasteiger partial charge in [0.25, 0.3) is 5.91 Å². The van der Waals surface area contributed by atoms with Crippen LogP contribution in [0, 0.1) is 12.8 Å². The molecule has 1 fully saturated rings. The van der Waals surface area contributed by atoms with Crippen LogP contribution in [0.3, 0.4) is 0 Å². The first kappa shape index (κ1) is 14.8. The Balaban J connectivity index is 2.13. The number of aliphatic hydroxyl groups excluding tert-OH is 1. The van der Waals surface area contributed by atoms with Crippen LogP contribution in [0.5, 0.6) is 0 Å². The van der Waals surface area contributed by atoms with Crippen molar-refractivity contribution >= 4 is 11.6 Å². The number of nitrogens with two attached hydrogens (primary N) is 1. The van der Waals surface area contributed by atoms with Crippen molar-refractivity contribution in [3.63, 3.8) is 0 Å². The Morgan fingerprint density at radius 2 is 2.10 bits per heavy atom. The number of carbonyl (C=O) groups excluding carboxylic acids is 1. The summed E-state index contributed by atoms with van der Waals surface area (Å²) in [6.07, 6.45) is 1.37. The van der Waals surface area contributed by atoms with Gasteiger partial charge >= 0.3 is 0 Å². The summed E-state index contributed by atoms with van der Waals surface area (Å²) in [5.41, 5.74) is 7.68. The third kappa shape index (κ3) is 2.65. The van der Waals surface area contributed by atoms with E-state index in [0.717, 1.165) is 12.8 Å². The fourth-order valence-electron chi connectivity index (χ4n) is 2.78. The van der Waals surface area contributed by atoms with E-state index in [1.807, 2.05) is 25.7 Å². The fourth-order valence-corrected chi connectivity index (χ4v) is 2.78. The highest BCUT2D eigenvalue weighted by Gasteiger charge is 2.29. The first-order valence-corrected chi connectivity index (χ1v) is 7.25. The monoisotopic (exact) mass is 280 g/mol. The summed E-state index contributed by atoms with van der Waals surface area (Å²) >= 11 is 0. The molecule has 1 unspecified atom stereocenters. The largest absolute Gasteiger partial charge is 0.395 e. The van der Waals surface area contributed by atoms with Crippen molar-refractivity contribution in [1.29, 1.82) is 0 Å². The number of aromatic nitrogens is 2. The van der Waals surface area contributed by atoms with Crippen LogP contribution in [0.1, 0.15) is 42.9 Å². The summed E-state index contributed by atoms with van der Waals surface area (Å²) in [6.45, 7) is 7.54. The predicted molar refractivity (Wildman–Crippen MR) is 77.4 cm³/mol. The molecule has 0 aromatic carbocycles. The van der Waals surface area contributed by atoms with Crippen molar-refractivity contribution in [3.8, 4) is 0 Å². The second-order valence-electron chi connectivity index (χ2n) is 5.53. The van der Waals surface area contributed by atoms with E-state index in [-0.39, 0.29) is 17.9 Å². The van der Waals surface area contributed by atoms with Crippen molar-refractivity contribution in [1.82, 2.24) is 14.7 Å². The van der Waals surface area contributed by atoms with Crippen LogP contribution in [0.25, 0.3) is 0 Å². The van der Waals surface area contributed by atoms with E-state index < -0.39 is 0 Å². The number of nitrogen functional groups attached to an aromatic ring is 1. The zero-order valence-corrected chi connectivity index (χ0v) is 12.5. The van der Waals surface area contributed by atoms with Gasteiger partial charge in [-0.25, -0.2) is 0 Å². The molecule has 3 N–H and O–H groups in total. The number of rotatable bonds is 3. The van der Waals surface area contributed by atoms with E-state index in [1.54, 1.807) is 4.68 Å². The summed E-state index contributed by atoms with van der Waals surface area (Å²) in [5, 5.41) is 13.9. The Morgan fingerprint density at radius 1 is 1.50 bits per heavy atom. The van der Waals surface area contributed by atoms with Gasteiger partial charge in [-0.3, -0.25) is 9.48 Å². The highest BCUT2D eigenvalue weighted by molar-refractivity contribution is 5.98. The van der Waals surface area contributed by atoms with E-state index in [1.165, 1.54) is 0 Å². The molecule has 112 valence electrons. The van der Waals surface area contributed by atoms with Crippen LogP contribution in [0.15, 0.2) is 0 Å². The quantitative estimate of drug-likeness (QED) is 0.866. The maximum atomic E-state index is 12.6. The first-order valence-electron chi connectivity index (χ1n) is 7.25. The van der Waals surface area contributed by atoms with Gasteiger partial charge in [-0.2, -0.15) is 5.10 Å². The van der Waals surface area contributed by atoms with E-state index in [9.17, 15) is 9.90 Å². The number of anilines is 1. The molecule has 1 aromatic rings. The molecular weight excluding hydrogens is 256 g/mol. The molecule has 1 amide bonds. The number of piperidine rings is 1. The van der Waals surface area contributed by atoms with Crippen LogP contribution in [-0.4, -0.2) is 44.9 Å². The van der Waals surface area contributed by atoms with Gasteiger partial charge in [0.05, 0.1) is 17.5 Å². The molecule has 2 heterocycles. The van der Waals surface area contributed by atoms with Gasteiger partial charge in [0.2, 0.25) is 0 Å². The zero-order chi connectivity index (χ0) is 14.9. The smallest absolute Gasteiger partial charge is 0.274 e. The number of likely N-dealkylation sites (tertiary alicyclic amines) is 1. The normalized spacial score (nSPS) is 18.3. The molecule has 6 heteroatoms. The second-order valence-corrected chi connectivity index (χ2v) is 5.53. The van der Waals surface area contributed by atoms with Crippen LogP contribution in [0.2, 0.25) is 0 Å². The molecule has 1 aliphatic heterocycles. The third-order valence-electron chi connectivity index (χ3n) is 4.18. The van der Waals surface area contributed by atoms with Gasteiger partial charge in [-0.15, -0.1) is 0 Å². The fraction of sp³-hybridized carbons (Fsp3) is 0.714. The number of aryl methyl sites for hydroxylation is 2. The number of nitrogens with zero attached hydrogens (tertiary/aromatic N) is 3. The average molecular weight is 280 g/mol. The lowest BCUT2D eigenvalue weighted by Gasteiger charge is -2.33. The van der Waals surface area contributed by atoms with Crippen LogP contribution in [0.4, 0.5) is 5.69 Å². The van der Waals surface area contributed by atoms with Crippen LogP contribution in [-0.2, 0) is 6.54 Å². The molecule has 0 aliphatic carbocycles. The van der Waals surface area contributed by atoms with Crippen molar-refractivity contribution in [2.24, 2.45) is 5.92 Å². The number of carbonyl (C=O) groups is 1. The lowest BCUT2D eigenvalue weighted by molar-refractivity contribution is 0.0513. The summed E-state index contributed by atoms with van der Waals surface area (Å²) in [5.74, 6) is 0.239. The summed E-state index contributed by atoms with van der Waals surface area (Å²) in [6, 6.07) is 0. The second kappa shape index (κ2) is 5.83. The summed E-state index contributed by atoms with van der Waals surface area (Å²) < 4.78 is 1.67. The van der Waals surface area contributed by atoms with Crippen molar-refractivity contribution in [2.75, 3.05) is 18.8 Å². The Kier molecular flexibility index (Phi) is 4.32. The van der Waals surface area contributed by atoms with E-state index in [2.05, 4.69) is 5.10 Å². The number of hydrogen-bond donors (Lipinski definition) is 2. The predicted octanol–water partition coefficient (Wildman–Crippen LogP) is 1.03. The minimum Gasteiger partial charge on any atom is -0.395 e. The highest BCUT2D eigenvalue weighted by Crippen LogP contribution is 2.24. The van der Waals surface area contributed by atoms with Crippen molar-refractivity contribution in [3.05, 3.63) is 11.4 Å². The molecule has 1 saturated heterocycles. The Hall–Kier alpha value is -1.56. The Morgan fingerprint density at radius 3 is 2.60 bits per heavy atom. The SMILES string of the molecule is CCn1nc(C)c(N)c1C(=O)N1CCC(C(C)O)CC1. The average Bonchev–Trinajstić information content (AvgIpc) is 2.73. The molecule has 1 aromatic heterocycles. The van der Waals surface area contributed by atoms with Gasteiger partial charge in [0, 0.05) is 19.6 Å². The minimum atomic E-state index is -0.305. The standard InChI is InChI=1S/C14H24N4O2/c1-4-18-13(12(15)9(2)16-18)14(20)17-7-5-11(6-8-17)10(3)19/h10-11,19H,4-8,15H2,1-3H3. The minimum absolute atomic E-state index is 0.0472. The van der Waals surface area contributed by atoms with Gasteiger partial charge in [-0.05, 0) is 39.5 Å². The lowest BCUT2D eigenvalue weighted by Crippen LogP contribution is -2.41. The van der Waals surface area contributed by atoms with E-state index in [4.69, 9.17) is 5.73 Å². The zero-order valence-electron chi connectivity index (χ0n) is 12.5. The molecule has 20 heavy (non-hydrogen) atoms. The number of amides is 1. The van der Waals surface area contributed by atoms with E-state index in [0.29, 0.717) is 36.7 Å². The molecule has 0 bridgehead atoms. The maximum absolute atomic E-state index is 12.6. The van der Waals surface area contributed by atoms with Crippen LogP contribution < -0.4 is 5.73 Å². The molecule has 6 nitrogen and oxygen atoms in total. The maximum Gasteiger partial charge on any atom is 0.274 e. The number of aliphatic hydroxyl groups is 1. The Bertz CT molecular complexity index is 488. The Labute approximate surface area is 119 Å². The molecular formula is C14H24N4O2. The summed E-state index contributed by atoms with van der Waals surface area (Å²) in [7, 11) is 0. The molecule has 0 spiro atoms. The first-order chi connectivity index (χ1) is 9.45. The highest BCUT2D eigenvalue weighted by atomic mass is 16.3. The molecule has 2 rings (SSSR count). The van der Waals surface area contributed by atoms with Gasteiger partial charge in [-0.1, -0.05) is 0 Å².